The number of nitrogens with zero attached hydrogens (tertiary/aromatic N) is 5. The third-order valence-corrected chi connectivity index (χ3v) is 38.7. The zero-order chi connectivity index (χ0) is 103. The highest BCUT2D eigenvalue weighted by molar-refractivity contribution is 5.97. The Hall–Kier alpha value is -12.1. The maximum Gasteiger partial charge on any atom is 0.251 e. The van der Waals surface area contributed by atoms with Gasteiger partial charge in [0.1, 0.15) is 11.5 Å². The number of aromatic nitrogens is 1. The normalized spacial score (nSPS) is 25.1. The topological polar surface area (TPSA) is 161 Å². The lowest BCUT2D eigenvalue weighted by molar-refractivity contribution is 0.0283. The molecule has 15 nitrogen and oxygen atoms in total. The van der Waals surface area contributed by atoms with Crippen molar-refractivity contribution in [2.75, 3.05) is 92.3 Å². The molecular weight excluding hydrogens is 1840 g/mol. The lowest BCUT2D eigenvalue weighted by Gasteiger charge is -2.55. The van der Waals surface area contributed by atoms with Crippen LogP contribution in [0.5, 0.6) is 11.5 Å². The molecule has 4 saturated heterocycles. The maximum absolute atomic E-state index is 13.2. The van der Waals surface area contributed by atoms with Crippen LogP contribution in [0.4, 0.5) is 0 Å². The summed E-state index contributed by atoms with van der Waals surface area (Å²) in [6.07, 6.45) is 26.8. The highest BCUT2D eigenvalue weighted by Crippen LogP contribution is 2.55. The van der Waals surface area contributed by atoms with Gasteiger partial charge < -0.3 is 30.7 Å². The fraction of sp³-hybridized carbons (Fsp3) is 0.444. The van der Waals surface area contributed by atoms with Crippen molar-refractivity contribution in [3.8, 4) is 56.0 Å². The van der Waals surface area contributed by atoms with Crippen LogP contribution in [-0.4, -0.2) is 165 Å². The molecule has 6 heterocycles. The summed E-state index contributed by atoms with van der Waals surface area (Å²) in [5, 5.41) is 12.7. The van der Waals surface area contributed by atoms with Crippen LogP contribution in [0, 0.1) is 54.3 Å². The number of pyridine rings is 1. The predicted molar refractivity (Wildman–Crippen MR) is 607 cm³/mol. The van der Waals surface area contributed by atoms with Gasteiger partial charge in [0.05, 0.1) is 13.7 Å². The summed E-state index contributed by atoms with van der Waals surface area (Å²) < 4.78 is 11.1. The van der Waals surface area contributed by atoms with E-state index in [1.807, 2.05) is 67.7 Å². The number of likely N-dealkylation sites (tertiary alicyclic amines) is 4. The maximum atomic E-state index is 13.2. The molecule has 0 radical (unpaired) electrons. The minimum Gasteiger partial charge on any atom is -0.497 e. The van der Waals surface area contributed by atoms with E-state index in [0.717, 1.165) is 150 Å². The number of methoxy groups -OCH3 is 1. The number of nitrogens with one attached hydrogen (secondary N) is 4. The van der Waals surface area contributed by atoms with Crippen LogP contribution in [0.25, 0.3) is 44.5 Å². The van der Waals surface area contributed by atoms with E-state index < -0.39 is 0 Å². The van der Waals surface area contributed by atoms with E-state index >= 15 is 0 Å². The molecular formula is C135H157N9O6. The molecule has 5 aliphatic heterocycles. The number of ether oxygens (including phenoxy) is 2. The van der Waals surface area contributed by atoms with Crippen molar-refractivity contribution in [1.82, 2.24) is 45.9 Å². The summed E-state index contributed by atoms with van der Waals surface area (Å²) in [6, 6.07) is 92.2. The van der Waals surface area contributed by atoms with Crippen LogP contribution in [-0.2, 0) is 79.4 Å². The number of aryl methyl sites for hydroxylation is 1. The van der Waals surface area contributed by atoms with Gasteiger partial charge in [-0.2, -0.15) is 0 Å². The minimum atomic E-state index is 0.0327. The van der Waals surface area contributed by atoms with Crippen LogP contribution in [0.2, 0.25) is 0 Å². The van der Waals surface area contributed by atoms with Gasteiger partial charge in [-0.05, 0) is 415 Å². The van der Waals surface area contributed by atoms with Gasteiger partial charge in [0.15, 0.2) is 0 Å². The van der Waals surface area contributed by atoms with Crippen LogP contribution in [0.1, 0.15) is 252 Å². The van der Waals surface area contributed by atoms with Crippen molar-refractivity contribution in [2.24, 2.45) is 47.3 Å². The van der Waals surface area contributed by atoms with Gasteiger partial charge >= 0.3 is 0 Å². The van der Waals surface area contributed by atoms with E-state index in [1.165, 1.54) is 224 Å². The molecule has 12 aromatic rings. The number of fused-ring (bicyclic) bond motifs is 17. The Balaban J connectivity index is 0.000000113. The number of piperidine rings is 4. The SMILES string of the molecule is COc1cccc(-c2ccc(CCNC(=O)c3ccc4c(c3)[C@@]3(C)CCN(CC5CC5)[C@H](C4)[C@@H]3C)cc2)c1.C[C@H]1C2Cc3ccc(C(=O)NCCc4ccc(-c5ccccc5)cc4)cc3[C@@]1(C)CCN2CC1CC1.C[C@H]1[C@H]2Cc3ccc(C(=O)NCCc4ccc(-c5ccc6c(c5)OCC6)cc4)cc3[C@@]1(C)CCN2CC1CC1.Cc1ccc(-c2ccc(CCNC(=O)c3ccc4c(c3)[C@@]3(C)CCN(CC5CC5)[C@H](C4)[C@@H]3C)cc2)cn1. The van der Waals surface area contributed by atoms with E-state index in [-0.39, 0.29) is 45.3 Å². The van der Waals surface area contributed by atoms with E-state index in [4.69, 9.17) is 9.47 Å². The molecule has 15 heteroatoms. The third kappa shape index (κ3) is 22.3. The van der Waals surface area contributed by atoms with Crippen LogP contribution in [0.3, 0.4) is 0 Å². The van der Waals surface area contributed by atoms with Gasteiger partial charge in [-0.25, -0.2) is 0 Å². The molecule has 11 aromatic carbocycles. The molecule has 1 aromatic heterocycles. The third-order valence-electron chi connectivity index (χ3n) is 38.7. The van der Waals surface area contributed by atoms with Gasteiger partial charge in [-0.3, -0.25) is 43.8 Å². The first-order valence-corrected chi connectivity index (χ1v) is 57.2. The highest BCUT2D eigenvalue weighted by Gasteiger charge is 2.54. The van der Waals surface area contributed by atoms with E-state index in [9.17, 15) is 19.2 Å². The Bertz CT molecular complexity index is 6850. The Morgan fingerprint density at radius 3 is 0.947 bits per heavy atom. The first-order chi connectivity index (χ1) is 72.8. The van der Waals surface area contributed by atoms with Crippen molar-refractivity contribution >= 4 is 23.6 Å². The van der Waals surface area contributed by atoms with Gasteiger partial charge in [0.25, 0.3) is 23.6 Å². The summed E-state index contributed by atoms with van der Waals surface area (Å²) in [7, 11) is 1.69. The molecule has 150 heavy (non-hydrogen) atoms. The highest BCUT2D eigenvalue weighted by atomic mass is 16.5. The molecule has 4 amide bonds. The van der Waals surface area contributed by atoms with Crippen molar-refractivity contribution in [3.05, 3.63) is 361 Å². The largest absolute Gasteiger partial charge is 0.497 e. The van der Waals surface area contributed by atoms with Crippen LogP contribution in [0.15, 0.2) is 261 Å². The smallest absolute Gasteiger partial charge is 0.251 e. The average Bonchev–Trinajstić information content (AvgIpc) is 1.65. The van der Waals surface area contributed by atoms with Crippen molar-refractivity contribution < 1.29 is 28.7 Å². The molecule has 0 spiro atoms. The fourth-order valence-electron chi connectivity index (χ4n) is 27.4. The second-order valence-corrected chi connectivity index (χ2v) is 48.2. The molecule has 8 fully saturated rings. The van der Waals surface area contributed by atoms with Gasteiger partial charge in [0.2, 0.25) is 0 Å². The summed E-state index contributed by atoms with van der Waals surface area (Å²) in [5.74, 6) is 8.24. The monoisotopic (exact) mass is 2000 g/mol. The summed E-state index contributed by atoms with van der Waals surface area (Å²) >= 11 is 0. The van der Waals surface area contributed by atoms with Crippen molar-refractivity contribution in [1.29, 1.82) is 0 Å². The number of hydrogen-bond acceptors (Lipinski definition) is 11. The Morgan fingerprint density at radius 1 is 0.333 bits per heavy atom. The molecule has 13 aliphatic rings. The molecule has 4 N–H and O–H groups in total. The second-order valence-electron chi connectivity index (χ2n) is 48.2. The van der Waals surface area contributed by atoms with Gasteiger partial charge in [-0.15, -0.1) is 0 Å². The Morgan fingerprint density at radius 2 is 0.627 bits per heavy atom. The average molecular weight is 2000 g/mol. The van der Waals surface area contributed by atoms with Gasteiger partial charge in [-0.1, -0.05) is 237 Å². The predicted octanol–water partition coefficient (Wildman–Crippen LogP) is 24.7. The minimum absolute atomic E-state index is 0.0327. The fourth-order valence-corrected chi connectivity index (χ4v) is 27.4. The number of rotatable bonds is 29. The van der Waals surface area contributed by atoms with E-state index in [2.05, 4.69) is 301 Å². The second kappa shape index (κ2) is 43.9. The number of amides is 4. The zero-order valence-electron chi connectivity index (χ0n) is 90.5. The summed E-state index contributed by atoms with van der Waals surface area (Å²) in [6.45, 7) is 34.8. The zero-order valence-corrected chi connectivity index (χ0v) is 90.5. The first kappa shape index (κ1) is 102. The van der Waals surface area contributed by atoms with Crippen LogP contribution >= 0.6 is 0 Å². The molecule has 12 atom stereocenters. The Kier molecular flexibility index (Phi) is 30.0. The van der Waals surface area contributed by atoms with Crippen molar-refractivity contribution in [3.63, 3.8) is 0 Å². The Labute approximate surface area is 892 Å². The lowest BCUT2D eigenvalue weighted by Crippen LogP contribution is -2.58. The number of carbonyl (C=O) groups excluding carboxylic acids is 4. The quantitative estimate of drug-likeness (QED) is 0.0353. The van der Waals surface area contributed by atoms with Crippen molar-refractivity contribution in [2.45, 2.75) is 243 Å². The molecule has 8 bridgehead atoms. The summed E-state index contributed by atoms with van der Waals surface area (Å²) in [4.78, 5) is 68.0. The lowest BCUT2D eigenvalue weighted by atomic mass is 9.59. The first-order valence-electron chi connectivity index (χ1n) is 57.2. The standard InChI is InChI=1S/C35H40N2O2.C34H40N2O2.C33H39N3O.C33H38N2O/c1-23-32-20-29-11-12-30(19-31(29)35(23,2)15-17-37(32)22-25-3-4-25)34(38)36-16-13-24-5-7-26(8-6-24)28-10-9-27-14-18-39-33(27)21-28;1-23-32-21-28-13-14-29(20-31(28)34(23,2)16-18-36(32)22-25-7-8-25)33(37)35-17-15-24-9-11-26(12-10-24)27-5-4-6-30(19-27)38-3;1-22-4-9-29(20-35-22)26-10-7-24(8-11-26)14-16-34-32(37)28-13-12-27-19-31-23(2)33(3,30(27)18-28)15-17-36(31)21-25-5-6-25;1-23-31-21-28-14-15-29(20-30(28)33(23,2)17-19-35(31)22-25-8-9-25)32(36)34-18-16-24-10-12-27(13-11-24)26-6-4-3-5-7-26/h5-12,19,21,23,25,32H,3-4,13-18,20,22H2,1-2H3,(H,36,38);4-6,9-14,19-20,23,25,32H,7-8,15-18,21-22H2,1-3H3,(H,35,37);4,7-13,18,20,23,25,31H,5-6,14-17,19,21H2,1-3H3,(H,34,37);3-7,10-15,20,23,25,31H,8-9,16-19,21-22H2,1-2H3,(H,34,36)/t23-,32+,35-;23-,32+,34-;23-,31+,33-;23-,31?,33-/m0000/s1. The van der Waals surface area contributed by atoms with Crippen LogP contribution < -0.4 is 30.7 Å². The van der Waals surface area contributed by atoms with E-state index in [0.29, 0.717) is 74.0 Å². The molecule has 25 rings (SSSR count). The molecule has 778 valence electrons. The molecule has 8 aliphatic carbocycles. The molecule has 4 saturated carbocycles. The molecule has 1 unspecified atom stereocenters. The van der Waals surface area contributed by atoms with E-state index in [1.54, 1.807) is 7.11 Å². The van der Waals surface area contributed by atoms with Gasteiger partial charge in [0, 0.05) is 123 Å². The summed E-state index contributed by atoms with van der Waals surface area (Å²) in [5.41, 5.74) is 31.9. The number of hydrogen-bond donors (Lipinski definition) is 4. The number of carbonyl (C=O) groups is 4. The number of benzene rings is 11.